The van der Waals surface area contributed by atoms with Crippen LogP contribution in [0, 0.1) is 11.8 Å². The summed E-state index contributed by atoms with van der Waals surface area (Å²) in [6.07, 6.45) is 89.8. The van der Waals surface area contributed by atoms with Crippen LogP contribution in [-0.4, -0.2) is 35.5 Å². The van der Waals surface area contributed by atoms with Gasteiger partial charge < -0.3 is 14.9 Å². The van der Waals surface area contributed by atoms with Gasteiger partial charge in [-0.1, -0.05) is 419 Å². The van der Waals surface area contributed by atoms with Crippen molar-refractivity contribution in [2.75, 3.05) is 7.11 Å². The predicted octanol–water partition coefficient (Wildman–Crippen LogP) is 26.5. The van der Waals surface area contributed by atoms with Gasteiger partial charge in [-0.3, -0.25) is 4.79 Å². The van der Waals surface area contributed by atoms with Gasteiger partial charge in [0.05, 0.1) is 18.1 Å². The molecule has 4 atom stereocenters. The van der Waals surface area contributed by atoms with E-state index in [4.69, 9.17) is 4.74 Å². The van der Waals surface area contributed by atoms with E-state index in [1.54, 1.807) is 0 Å². The smallest absolute Gasteiger partial charge is 0.309 e. The first-order chi connectivity index (χ1) is 39.0. The Kier molecular flexibility index (Phi) is 67.6. The van der Waals surface area contributed by atoms with Crippen molar-refractivity contribution in [2.45, 2.75) is 457 Å². The number of carboxylic acid groups (broad SMARTS) is 1. The SMILES string of the molecule is CCCCCCCCCCCCCCCCCCCCC(C)C(CCCCCCCCCCCCCCCCCCCCCCCCCCCCC(O)C(CCCCCCCCCCCCCCCCCCCC)C(=O)O)OC. The molecule has 0 aliphatic carbocycles. The minimum Gasteiger partial charge on any atom is -0.481 e. The summed E-state index contributed by atoms with van der Waals surface area (Å²) < 4.78 is 5.98. The van der Waals surface area contributed by atoms with Gasteiger partial charge in [0, 0.05) is 7.11 Å². The lowest BCUT2D eigenvalue weighted by molar-refractivity contribution is -0.146. The van der Waals surface area contributed by atoms with Gasteiger partial charge >= 0.3 is 5.97 Å². The molecule has 0 fully saturated rings. The first-order valence-electron chi connectivity index (χ1n) is 37.4. The van der Waals surface area contributed by atoms with Crippen LogP contribution < -0.4 is 0 Å². The molecule has 4 nitrogen and oxygen atoms in total. The molecule has 0 radical (unpaired) electrons. The van der Waals surface area contributed by atoms with E-state index in [1.165, 1.54) is 385 Å². The molecule has 474 valence electrons. The molecule has 4 unspecified atom stereocenters. The standard InChI is InChI=1S/C75H150O4/c1-5-7-9-11-13-15-17-19-21-23-35-39-43-47-51-55-59-63-67-71(3)74(79-4)70-66-62-58-54-50-46-42-38-34-32-30-28-26-25-27-29-31-33-37-41-45-49-53-57-61-65-69-73(76)72(75(77)78)68-64-60-56-52-48-44-40-36-24-22-20-18-16-14-12-10-8-6-2/h71-74,76H,5-70H2,1-4H3,(H,77,78). The second-order valence-corrected chi connectivity index (χ2v) is 26.6. The van der Waals surface area contributed by atoms with Gasteiger partial charge in [0.2, 0.25) is 0 Å². The molecule has 79 heavy (non-hydrogen) atoms. The maximum atomic E-state index is 11.9. The van der Waals surface area contributed by atoms with E-state index < -0.39 is 18.0 Å². The zero-order chi connectivity index (χ0) is 57.3. The number of carboxylic acids is 1. The number of ether oxygens (including phenoxy) is 1. The number of aliphatic carboxylic acids is 1. The van der Waals surface area contributed by atoms with Gasteiger partial charge in [-0.05, 0) is 31.6 Å². The third kappa shape index (κ3) is 61.8. The second kappa shape index (κ2) is 68.2. The molecule has 0 aromatic rings. The quantitative estimate of drug-likeness (QED) is 0.0596. The van der Waals surface area contributed by atoms with Crippen molar-refractivity contribution in [3.8, 4) is 0 Å². The van der Waals surface area contributed by atoms with E-state index in [0.717, 1.165) is 25.7 Å². The summed E-state index contributed by atoms with van der Waals surface area (Å²) in [5.41, 5.74) is 0. The van der Waals surface area contributed by atoms with Crippen LogP contribution in [0.1, 0.15) is 445 Å². The van der Waals surface area contributed by atoms with Crippen LogP contribution in [0.3, 0.4) is 0 Å². The normalized spacial score (nSPS) is 13.4. The summed E-state index contributed by atoms with van der Waals surface area (Å²) in [6, 6.07) is 0. The Morgan fingerprint density at radius 1 is 0.278 bits per heavy atom. The van der Waals surface area contributed by atoms with Gasteiger partial charge in [0.1, 0.15) is 0 Å². The highest BCUT2D eigenvalue weighted by atomic mass is 16.5. The predicted molar refractivity (Wildman–Crippen MR) is 353 cm³/mol. The highest BCUT2D eigenvalue weighted by molar-refractivity contribution is 5.70. The van der Waals surface area contributed by atoms with Crippen molar-refractivity contribution in [1.82, 2.24) is 0 Å². The number of rotatable bonds is 71. The minimum atomic E-state index is -0.801. The summed E-state index contributed by atoms with van der Waals surface area (Å²) in [6.45, 7) is 7.04. The van der Waals surface area contributed by atoms with Crippen molar-refractivity contribution < 1.29 is 19.7 Å². The lowest BCUT2D eigenvalue weighted by Crippen LogP contribution is -2.28. The molecule has 0 spiro atoms. The van der Waals surface area contributed by atoms with E-state index in [-0.39, 0.29) is 0 Å². The van der Waals surface area contributed by atoms with Crippen LogP contribution in [0.15, 0.2) is 0 Å². The average molecular weight is 1120 g/mol. The summed E-state index contributed by atoms with van der Waals surface area (Å²) >= 11 is 0. The molecular formula is C75H150O4. The summed E-state index contributed by atoms with van der Waals surface area (Å²) in [5, 5.41) is 20.5. The Morgan fingerprint density at radius 3 is 0.658 bits per heavy atom. The molecule has 0 amide bonds. The van der Waals surface area contributed by atoms with Gasteiger partial charge in [-0.15, -0.1) is 0 Å². The van der Waals surface area contributed by atoms with Crippen LogP contribution in [0.25, 0.3) is 0 Å². The molecule has 4 heteroatoms. The van der Waals surface area contributed by atoms with E-state index in [1.807, 2.05) is 7.11 Å². The molecule has 2 N–H and O–H groups in total. The molecule has 0 aliphatic rings. The molecular weight excluding hydrogens is 965 g/mol. The molecule has 0 aromatic heterocycles. The Morgan fingerprint density at radius 2 is 0.456 bits per heavy atom. The fraction of sp³-hybridized carbons (Fsp3) is 0.987. The topological polar surface area (TPSA) is 66.8 Å². The van der Waals surface area contributed by atoms with Crippen LogP contribution in [0.2, 0.25) is 0 Å². The third-order valence-corrected chi connectivity index (χ3v) is 18.8. The Balaban J connectivity index is 3.42. The van der Waals surface area contributed by atoms with Gasteiger partial charge in [0.15, 0.2) is 0 Å². The molecule has 0 heterocycles. The third-order valence-electron chi connectivity index (χ3n) is 18.8. The van der Waals surface area contributed by atoms with Gasteiger partial charge in [-0.25, -0.2) is 0 Å². The van der Waals surface area contributed by atoms with Crippen molar-refractivity contribution in [2.24, 2.45) is 11.8 Å². The zero-order valence-electron chi connectivity index (χ0n) is 55.2. The summed E-state index contributed by atoms with van der Waals surface area (Å²) in [7, 11) is 1.95. The molecule has 0 aromatic carbocycles. The fourth-order valence-corrected chi connectivity index (χ4v) is 13.1. The van der Waals surface area contributed by atoms with Crippen LogP contribution >= 0.6 is 0 Å². The Bertz CT molecular complexity index is 1110. The average Bonchev–Trinajstić information content (AvgIpc) is 3.44. The zero-order valence-corrected chi connectivity index (χ0v) is 55.2. The van der Waals surface area contributed by atoms with Crippen LogP contribution in [0.5, 0.6) is 0 Å². The van der Waals surface area contributed by atoms with Crippen LogP contribution in [-0.2, 0) is 9.53 Å². The number of aliphatic hydroxyl groups is 1. The highest BCUT2D eigenvalue weighted by Crippen LogP contribution is 2.25. The van der Waals surface area contributed by atoms with Crippen LogP contribution in [0.4, 0.5) is 0 Å². The lowest BCUT2D eigenvalue weighted by atomic mass is 9.91. The maximum absolute atomic E-state index is 11.9. The molecule has 0 rings (SSSR count). The highest BCUT2D eigenvalue weighted by Gasteiger charge is 2.25. The first-order valence-corrected chi connectivity index (χ1v) is 37.4. The summed E-state index contributed by atoms with van der Waals surface area (Å²) in [4.78, 5) is 11.9. The van der Waals surface area contributed by atoms with Gasteiger partial charge in [0.25, 0.3) is 0 Å². The largest absolute Gasteiger partial charge is 0.481 e. The summed E-state index contributed by atoms with van der Waals surface area (Å²) in [5.74, 6) is -0.677. The monoisotopic (exact) mass is 1120 g/mol. The van der Waals surface area contributed by atoms with E-state index >= 15 is 0 Å². The number of carbonyl (C=O) groups is 1. The van der Waals surface area contributed by atoms with Crippen molar-refractivity contribution in [3.05, 3.63) is 0 Å². The molecule has 0 bridgehead atoms. The van der Waals surface area contributed by atoms with Crippen molar-refractivity contribution in [3.63, 3.8) is 0 Å². The maximum Gasteiger partial charge on any atom is 0.309 e. The minimum absolute atomic E-state index is 0.465. The fourth-order valence-electron chi connectivity index (χ4n) is 13.1. The number of methoxy groups -OCH3 is 1. The molecule has 0 saturated heterocycles. The molecule has 0 saturated carbocycles. The Labute approximate surface area is 499 Å². The first kappa shape index (κ1) is 78.4. The number of hydrogen-bond donors (Lipinski definition) is 2. The van der Waals surface area contributed by atoms with Crippen molar-refractivity contribution >= 4 is 5.97 Å². The van der Waals surface area contributed by atoms with Crippen molar-refractivity contribution in [1.29, 1.82) is 0 Å². The number of unbranched alkanes of at least 4 members (excludes halogenated alkanes) is 59. The van der Waals surface area contributed by atoms with E-state index in [2.05, 4.69) is 20.8 Å². The number of hydrogen-bond acceptors (Lipinski definition) is 3. The Hall–Kier alpha value is -0.610. The van der Waals surface area contributed by atoms with E-state index in [9.17, 15) is 15.0 Å². The lowest BCUT2D eigenvalue weighted by Gasteiger charge is -2.22. The molecule has 0 aliphatic heterocycles. The van der Waals surface area contributed by atoms with Gasteiger partial charge in [-0.2, -0.15) is 0 Å². The number of aliphatic hydroxyl groups excluding tert-OH is 1. The van der Waals surface area contributed by atoms with E-state index in [0.29, 0.717) is 24.9 Å². The second-order valence-electron chi connectivity index (χ2n) is 26.6.